The molecule has 0 spiro atoms. The molecule has 3 aromatic rings. The molecule has 2 aromatic carbocycles. The lowest BCUT2D eigenvalue weighted by atomic mass is 10.1. The van der Waals surface area contributed by atoms with Crippen molar-refractivity contribution >= 4 is 32.7 Å². The third kappa shape index (κ3) is 5.68. The molecule has 0 aliphatic carbocycles. The number of nitrogens with one attached hydrogen (secondary N) is 1. The van der Waals surface area contributed by atoms with Crippen LogP contribution < -0.4 is 5.32 Å². The maximum absolute atomic E-state index is 12.1. The van der Waals surface area contributed by atoms with Gasteiger partial charge in [-0.1, -0.05) is 30.3 Å². The van der Waals surface area contributed by atoms with E-state index in [0.29, 0.717) is 11.3 Å². The van der Waals surface area contributed by atoms with Gasteiger partial charge in [0.25, 0.3) is 5.91 Å². The summed E-state index contributed by atoms with van der Waals surface area (Å²) in [6, 6.07) is 15.0. The second-order valence-electron chi connectivity index (χ2n) is 6.82. The van der Waals surface area contributed by atoms with Gasteiger partial charge in [0, 0.05) is 11.6 Å². The number of esters is 1. The highest BCUT2D eigenvalue weighted by Gasteiger charge is 2.16. The Labute approximate surface area is 168 Å². The zero-order chi connectivity index (χ0) is 21.0. The Hall–Kier alpha value is -3.13. The number of fused-ring (bicyclic) bond motifs is 1. The highest BCUT2D eigenvalue weighted by Crippen LogP contribution is 2.23. The van der Waals surface area contributed by atoms with Crippen molar-refractivity contribution in [2.45, 2.75) is 18.7 Å². The summed E-state index contributed by atoms with van der Waals surface area (Å²) < 4.78 is 33.3. The summed E-state index contributed by atoms with van der Waals surface area (Å²) in [7, 11) is -3.15. The van der Waals surface area contributed by atoms with Gasteiger partial charge in [0.1, 0.15) is 11.3 Å². The van der Waals surface area contributed by atoms with E-state index in [4.69, 9.17) is 9.15 Å². The van der Waals surface area contributed by atoms with Crippen molar-refractivity contribution in [3.8, 4) is 0 Å². The molecule has 152 valence electrons. The van der Waals surface area contributed by atoms with E-state index >= 15 is 0 Å². The highest BCUT2D eigenvalue weighted by molar-refractivity contribution is 7.89. The van der Waals surface area contributed by atoms with Crippen LogP contribution in [0.3, 0.4) is 0 Å². The summed E-state index contributed by atoms with van der Waals surface area (Å²) in [5, 5.41) is 3.66. The molecule has 1 aromatic heterocycles. The molecule has 29 heavy (non-hydrogen) atoms. The number of furan rings is 1. The molecule has 8 heteroatoms. The smallest absolute Gasteiger partial charge is 0.338 e. The van der Waals surface area contributed by atoms with Crippen molar-refractivity contribution < 1.29 is 27.2 Å². The average Bonchev–Trinajstić information content (AvgIpc) is 3.10. The molecule has 0 unspecified atom stereocenters. The predicted molar refractivity (Wildman–Crippen MR) is 108 cm³/mol. The van der Waals surface area contributed by atoms with Crippen LogP contribution in [-0.4, -0.2) is 33.2 Å². The molecule has 7 nitrogen and oxygen atoms in total. The minimum absolute atomic E-state index is 0.107. The maximum Gasteiger partial charge on any atom is 0.338 e. The van der Waals surface area contributed by atoms with Crippen molar-refractivity contribution in [3.05, 3.63) is 71.5 Å². The van der Waals surface area contributed by atoms with Gasteiger partial charge >= 0.3 is 5.97 Å². The first kappa shape index (κ1) is 20.6. The SMILES string of the molecule is C[C@@H](NC(=O)COC(=O)c1ccc(CS(C)(=O)=O)cc1)c1cc2ccccc2o1. The van der Waals surface area contributed by atoms with Crippen LogP contribution in [0.25, 0.3) is 11.0 Å². The first-order valence-corrected chi connectivity index (χ1v) is 11.0. The molecule has 0 aliphatic heterocycles. The van der Waals surface area contributed by atoms with Gasteiger partial charge in [-0.2, -0.15) is 0 Å². The van der Waals surface area contributed by atoms with Gasteiger partial charge in [-0.3, -0.25) is 4.79 Å². The summed E-state index contributed by atoms with van der Waals surface area (Å²) in [4.78, 5) is 24.2. The monoisotopic (exact) mass is 415 g/mol. The Balaban J connectivity index is 1.52. The standard InChI is InChI=1S/C21H21NO6S/c1-14(19-11-17-5-3-4-6-18(17)28-19)22-20(23)12-27-21(24)16-9-7-15(8-10-16)13-29(2,25)26/h3-11,14H,12-13H2,1-2H3,(H,22,23)/t14-/m1/s1. The van der Waals surface area contributed by atoms with Crippen LogP contribution in [0.2, 0.25) is 0 Å². The fraction of sp³-hybridized carbons (Fsp3) is 0.238. The van der Waals surface area contributed by atoms with E-state index in [0.717, 1.165) is 17.2 Å². The average molecular weight is 415 g/mol. The number of hydrogen-bond acceptors (Lipinski definition) is 6. The quantitative estimate of drug-likeness (QED) is 0.595. The van der Waals surface area contributed by atoms with Gasteiger partial charge in [0.05, 0.1) is 17.4 Å². The number of rotatable bonds is 7. The summed E-state index contributed by atoms with van der Waals surface area (Å²) in [6.45, 7) is 1.34. The zero-order valence-electron chi connectivity index (χ0n) is 16.0. The van der Waals surface area contributed by atoms with Crippen LogP contribution in [0.15, 0.2) is 59.0 Å². The minimum atomic E-state index is -3.15. The number of sulfone groups is 1. The number of para-hydroxylation sites is 1. The predicted octanol–water partition coefficient (Wildman–Crippen LogP) is 3.01. The molecule has 0 radical (unpaired) electrons. The molecule has 0 saturated heterocycles. The Kier molecular flexibility index (Phi) is 6.03. The van der Waals surface area contributed by atoms with Crippen LogP contribution in [0.1, 0.15) is 34.6 Å². The van der Waals surface area contributed by atoms with Gasteiger partial charge in [-0.05, 0) is 36.8 Å². The maximum atomic E-state index is 12.1. The van der Waals surface area contributed by atoms with Crippen molar-refractivity contribution in [2.24, 2.45) is 0 Å². The number of hydrogen-bond donors (Lipinski definition) is 1. The second-order valence-corrected chi connectivity index (χ2v) is 8.96. The van der Waals surface area contributed by atoms with E-state index in [-0.39, 0.29) is 17.4 Å². The zero-order valence-corrected chi connectivity index (χ0v) is 16.9. The van der Waals surface area contributed by atoms with Crippen LogP contribution >= 0.6 is 0 Å². The topological polar surface area (TPSA) is 103 Å². The van der Waals surface area contributed by atoms with Crippen LogP contribution in [0.5, 0.6) is 0 Å². The molecule has 0 fully saturated rings. The number of benzene rings is 2. The van der Waals surface area contributed by atoms with E-state index in [1.165, 1.54) is 12.1 Å². The normalized spacial score (nSPS) is 12.5. The number of carbonyl (C=O) groups excluding carboxylic acids is 2. The minimum Gasteiger partial charge on any atom is -0.459 e. The first-order valence-electron chi connectivity index (χ1n) is 8.93. The van der Waals surface area contributed by atoms with Gasteiger partial charge in [0.15, 0.2) is 16.4 Å². The Morgan fingerprint density at radius 2 is 1.79 bits per heavy atom. The van der Waals surface area contributed by atoms with E-state index < -0.39 is 28.3 Å². The summed E-state index contributed by atoms with van der Waals surface area (Å²) in [5.74, 6) is -0.625. The molecule has 0 aliphatic rings. The van der Waals surface area contributed by atoms with Crippen molar-refractivity contribution in [3.63, 3.8) is 0 Å². The molecule has 0 bridgehead atoms. The van der Waals surface area contributed by atoms with Crippen molar-refractivity contribution in [1.29, 1.82) is 0 Å². The fourth-order valence-corrected chi connectivity index (χ4v) is 3.62. The summed E-state index contributed by atoms with van der Waals surface area (Å²) in [6.07, 6.45) is 1.14. The third-order valence-corrected chi connectivity index (χ3v) is 5.06. The molecule has 1 N–H and O–H groups in total. The Bertz CT molecular complexity index is 1100. The van der Waals surface area contributed by atoms with Crippen LogP contribution in [0, 0.1) is 0 Å². The van der Waals surface area contributed by atoms with Crippen molar-refractivity contribution in [1.82, 2.24) is 5.32 Å². The summed E-state index contributed by atoms with van der Waals surface area (Å²) >= 11 is 0. The van der Waals surface area contributed by atoms with Gasteiger partial charge in [-0.25, -0.2) is 13.2 Å². The molecule has 1 heterocycles. The molecular weight excluding hydrogens is 394 g/mol. The third-order valence-electron chi connectivity index (χ3n) is 4.20. The lowest BCUT2D eigenvalue weighted by Crippen LogP contribution is -2.31. The largest absolute Gasteiger partial charge is 0.459 e. The number of amides is 1. The van der Waals surface area contributed by atoms with Gasteiger partial charge in [0.2, 0.25) is 0 Å². The van der Waals surface area contributed by atoms with E-state index in [2.05, 4.69) is 5.32 Å². The first-order chi connectivity index (χ1) is 13.7. The van der Waals surface area contributed by atoms with Crippen LogP contribution in [-0.2, 0) is 25.1 Å². The lowest BCUT2D eigenvalue weighted by molar-refractivity contribution is -0.125. The molecule has 0 saturated carbocycles. The van der Waals surface area contributed by atoms with E-state index in [1.807, 2.05) is 30.3 Å². The Morgan fingerprint density at radius 3 is 2.45 bits per heavy atom. The molecule has 1 atom stereocenters. The number of carbonyl (C=O) groups is 2. The highest BCUT2D eigenvalue weighted by atomic mass is 32.2. The van der Waals surface area contributed by atoms with Crippen molar-refractivity contribution in [2.75, 3.05) is 12.9 Å². The van der Waals surface area contributed by atoms with E-state index in [1.54, 1.807) is 19.1 Å². The second kappa shape index (κ2) is 8.48. The van der Waals surface area contributed by atoms with Gasteiger partial charge in [-0.15, -0.1) is 0 Å². The molecular formula is C21H21NO6S. The van der Waals surface area contributed by atoms with E-state index in [9.17, 15) is 18.0 Å². The van der Waals surface area contributed by atoms with Gasteiger partial charge < -0.3 is 14.5 Å². The Morgan fingerprint density at radius 1 is 1.10 bits per heavy atom. The number of ether oxygens (including phenoxy) is 1. The van der Waals surface area contributed by atoms with Crippen LogP contribution in [0.4, 0.5) is 0 Å². The molecule has 1 amide bonds. The summed E-state index contributed by atoms with van der Waals surface area (Å²) in [5.41, 5.74) is 1.54. The molecule has 3 rings (SSSR count). The fourth-order valence-electron chi connectivity index (χ4n) is 2.82. The lowest BCUT2D eigenvalue weighted by Gasteiger charge is -2.11.